The van der Waals surface area contributed by atoms with Crippen molar-refractivity contribution in [2.75, 3.05) is 0 Å². The third-order valence-electron chi connectivity index (χ3n) is 7.72. The van der Waals surface area contributed by atoms with Crippen LogP contribution in [0.4, 0.5) is 0 Å². The van der Waals surface area contributed by atoms with Gasteiger partial charge in [-0.1, -0.05) is 48.5 Å². The van der Waals surface area contributed by atoms with E-state index < -0.39 is 0 Å². The minimum absolute atomic E-state index is 0.658. The molecule has 202 valence electrons. The molecule has 6 heteroatoms. The summed E-state index contributed by atoms with van der Waals surface area (Å²) in [5.74, 6) is 0.658. The zero-order valence-electron chi connectivity index (χ0n) is 23.0. The Morgan fingerprint density at radius 2 is 1.05 bits per heavy atom. The quantitative estimate of drug-likeness (QED) is 0.214. The zero-order valence-corrected chi connectivity index (χ0v) is 23.0. The second-order valence-electron chi connectivity index (χ2n) is 10.3. The number of rotatable bonds is 5. The number of benzene rings is 3. The van der Waals surface area contributed by atoms with Crippen molar-refractivity contribution < 1.29 is 0 Å². The Bertz CT molecular complexity index is 2150. The van der Waals surface area contributed by atoms with E-state index >= 15 is 0 Å². The normalized spacial score (nSPS) is 11.3. The molecule has 0 saturated heterocycles. The minimum atomic E-state index is 0.658. The van der Waals surface area contributed by atoms with Gasteiger partial charge in [-0.25, -0.2) is 9.97 Å². The van der Waals surface area contributed by atoms with Crippen LogP contribution in [-0.2, 0) is 0 Å². The van der Waals surface area contributed by atoms with Crippen LogP contribution in [0.15, 0.2) is 146 Å². The van der Waals surface area contributed by atoms with Crippen LogP contribution in [0.3, 0.4) is 0 Å². The molecule has 0 radical (unpaired) electrons. The molecule has 0 atom stereocenters. The summed E-state index contributed by atoms with van der Waals surface area (Å²) in [6.45, 7) is 0. The van der Waals surface area contributed by atoms with Crippen LogP contribution in [0.25, 0.3) is 72.5 Å². The van der Waals surface area contributed by atoms with Crippen molar-refractivity contribution in [2.24, 2.45) is 0 Å². The van der Waals surface area contributed by atoms with Crippen LogP contribution in [0.5, 0.6) is 0 Å². The van der Waals surface area contributed by atoms with Crippen LogP contribution in [0.2, 0.25) is 0 Å². The first-order chi connectivity index (χ1) is 21.3. The molecule has 5 aromatic heterocycles. The fraction of sp³-hybridized carbons (Fsp3) is 0. The maximum absolute atomic E-state index is 5.04. The summed E-state index contributed by atoms with van der Waals surface area (Å²) in [5, 5.41) is 2.32. The highest BCUT2D eigenvalue weighted by molar-refractivity contribution is 6.08. The molecule has 0 bridgehead atoms. The van der Waals surface area contributed by atoms with Crippen molar-refractivity contribution >= 4 is 21.8 Å². The van der Waals surface area contributed by atoms with E-state index in [1.165, 1.54) is 5.39 Å². The van der Waals surface area contributed by atoms with Gasteiger partial charge in [0.25, 0.3) is 0 Å². The van der Waals surface area contributed by atoms with E-state index in [4.69, 9.17) is 9.97 Å². The predicted octanol–water partition coefficient (Wildman–Crippen LogP) is 8.43. The molecule has 0 aliphatic heterocycles. The van der Waals surface area contributed by atoms with E-state index in [0.717, 1.165) is 61.3 Å². The van der Waals surface area contributed by atoms with Gasteiger partial charge in [0.15, 0.2) is 5.82 Å². The Morgan fingerprint density at radius 3 is 1.79 bits per heavy atom. The van der Waals surface area contributed by atoms with Gasteiger partial charge in [0.1, 0.15) is 0 Å². The summed E-state index contributed by atoms with van der Waals surface area (Å²) in [4.78, 5) is 23.0. The van der Waals surface area contributed by atoms with E-state index in [0.29, 0.717) is 5.82 Å². The lowest BCUT2D eigenvalue weighted by atomic mass is 10.0. The highest BCUT2D eigenvalue weighted by Crippen LogP contribution is 2.33. The van der Waals surface area contributed by atoms with Gasteiger partial charge < -0.3 is 4.57 Å². The van der Waals surface area contributed by atoms with Gasteiger partial charge in [0.2, 0.25) is 0 Å². The Hall–Kier alpha value is -6.01. The van der Waals surface area contributed by atoms with Crippen LogP contribution in [0, 0.1) is 0 Å². The summed E-state index contributed by atoms with van der Waals surface area (Å²) < 4.78 is 2.28. The van der Waals surface area contributed by atoms with E-state index in [1.54, 1.807) is 12.4 Å². The van der Waals surface area contributed by atoms with Gasteiger partial charge >= 0.3 is 0 Å². The van der Waals surface area contributed by atoms with E-state index in [-0.39, 0.29) is 0 Å². The summed E-state index contributed by atoms with van der Waals surface area (Å²) >= 11 is 0. The molecular formula is C37H24N6. The molecule has 3 aromatic carbocycles. The fourth-order valence-corrected chi connectivity index (χ4v) is 5.61. The lowest BCUT2D eigenvalue weighted by molar-refractivity contribution is 1.16. The monoisotopic (exact) mass is 552 g/mol. The Kier molecular flexibility index (Phi) is 6.01. The first kappa shape index (κ1) is 24.8. The third kappa shape index (κ3) is 4.51. The number of para-hydroxylation sites is 1. The SMILES string of the molecule is c1cncc(-c2ccc(-c3cc(-c4cccnc4)nc(-c4ccc(-n5c6ccccc6c6cnccc65)cc4)n3)cc2)c1. The van der Waals surface area contributed by atoms with Crippen molar-refractivity contribution in [1.29, 1.82) is 0 Å². The number of hydrogen-bond donors (Lipinski definition) is 0. The minimum Gasteiger partial charge on any atom is -0.309 e. The second kappa shape index (κ2) is 10.4. The predicted molar refractivity (Wildman–Crippen MR) is 171 cm³/mol. The Labute approximate surface area is 248 Å². The van der Waals surface area contributed by atoms with Crippen LogP contribution >= 0.6 is 0 Å². The first-order valence-electron chi connectivity index (χ1n) is 14.1. The Balaban J connectivity index is 1.22. The fourth-order valence-electron chi connectivity index (χ4n) is 5.61. The number of aromatic nitrogens is 6. The molecule has 0 unspecified atom stereocenters. The first-order valence-corrected chi connectivity index (χ1v) is 14.1. The molecule has 0 aliphatic carbocycles. The van der Waals surface area contributed by atoms with Crippen LogP contribution < -0.4 is 0 Å². The molecule has 0 aliphatic rings. The molecule has 6 nitrogen and oxygen atoms in total. The van der Waals surface area contributed by atoms with Gasteiger partial charge in [-0.05, 0) is 71.8 Å². The molecule has 8 rings (SSSR count). The number of pyridine rings is 3. The zero-order chi connectivity index (χ0) is 28.6. The van der Waals surface area contributed by atoms with E-state index in [9.17, 15) is 0 Å². The smallest absolute Gasteiger partial charge is 0.160 e. The van der Waals surface area contributed by atoms with E-state index in [2.05, 4.69) is 104 Å². The molecule has 0 N–H and O–H groups in total. The average molecular weight is 553 g/mol. The summed E-state index contributed by atoms with van der Waals surface area (Å²) in [6.07, 6.45) is 11.0. The van der Waals surface area contributed by atoms with Crippen molar-refractivity contribution in [1.82, 2.24) is 29.5 Å². The maximum atomic E-state index is 5.04. The van der Waals surface area contributed by atoms with Crippen molar-refractivity contribution in [3.63, 3.8) is 0 Å². The largest absolute Gasteiger partial charge is 0.309 e. The lowest BCUT2D eigenvalue weighted by Gasteiger charge is -2.11. The number of nitrogens with zero attached hydrogens (tertiary/aromatic N) is 6. The number of hydrogen-bond acceptors (Lipinski definition) is 5. The second-order valence-corrected chi connectivity index (χ2v) is 10.3. The highest BCUT2D eigenvalue weighted by atomic mass is 15.0. The molecule has 5 heterocycles. The maximum Gasteiger partial charge on any atom is 0.160 e. The van der Waals surface area contributed by atoms with Gasteiger partial charge in [0, 0.05) is 70.3 Å². The molecule has 8 aromatic rings. The average Bonchev–Trinajstić information content (AvgIpc) is 3.43. The Morgan fingerprint density at radius 1 is 0.419 bits per heavy atom. The van der Waals surface area contributed by atoms with Crippen molar-refractivity contribution in [2.45, 2.75) is 0 Å². The summed E-state index contributed by atoms with van der Waals surface area (Å²) in [5.41, 5.74) is 10.1. The summed E-state index contributed by atoms with van der Waals surface area (Å²) in [7, 11) is 0. The standard InChI is InChI=1S/C37H24N6/c1-2-8-35-31(7-1)32-24-40-20-17-36(32)43(35)30-15-13-27(14-16-30)37-41-33(21-34(42-37)29-6-4-19-39-23-29)26-11-9-25(10-12-26)28-5-3-18-38-22-28/h1-24H. The summed E-state index contributed by atoms with van der Waals surface area (Å²) in [6, 6.07) is 37.3. The molecule has 0 fully saturated rings. The molecule has 0 spiro atoms. The van der Waals surface area contributed by atoms with Crippen molar-refractivity contribution in [3.05, 3.63) is 146 Å². The molecule has 0 saturated carbocycles. The van der Waals surface area contributed by atoms with E-state index in [1.807, 2.05) is 49.1 Å². The molecule has 43 heavy (non-hydrogen) atoms. The molecular weight excluding hydrogens is 528 g/mol. The van der Waals surface area contributed by atoms with Gasteiger partial charge in [-0.15, -0.1) is 0 Å². The third-order valence-corrected chi connectivity index (χ3v) is 7.72. The topological polar surface area (TPSA) is 69.4 Å². The lowest BCUT2D eigenvalue weighted by Crippen LogP contribution is -1.97. The number of fused-ring (bicyclic) bond motifs is 3. The van der Waals surface area contributed by atoms with Gasteiger partial charge in [0.05, 0.1) is 22.4 Å². The van der Waals surface area contributed by atoms with Crippen LogP contribution in [0.1, 0.15) is 0 Å². The van der Waals surface area contributed by atoms with Crippen molar-refractivity contribution in [3.8, 4) is 50.7 Å². The van der Waals surface area contributed by atoms with Gasteiger partial charge in [-0.2, -0.15) is 0 Å². The molecule has 0 amide bonds. The van der Waals surface area contributed by atoms with Crippen LogP contribution in [-0.4, -0.2) is 29.5 Å². The highest BCUT2D eigenvalue weighted by Gasteiger charge is 2.14. The van der Waals surface area contributed by atoms with Gasteiger partial charge in [-0.3, -0.25) is 15.0 Å².